The molecular weight excluding hydrogens is 479 g/mol. The number of nitrogens with zero attached hydrogens (tertiary/aromatic N) is 2. The number of phenols is 1. The Bertz CT molecular complexity index is 783. The average Bonchev–Trinajstić information content (AvgIpc) is 2.73. The van der Waals surface area contributed by atoms with Crippen LogP contribution in [0.3, 0.4) is 0 Å². The Morgan fingerprint density at radius 1 is 1.21 bits per heavy atom. The van der Waals surface area contributed by atoms with Crippen LogP contribution < -0.4 is 20.3 Å². The molecule has 0 saturated carbocycles. The van der Waals surface area contributed by atoms with Gasteiger partial charge in [0, 0.05) is 25.7 Å². The Morgan fingerprint density at radius 2 is 1.97 bits per heavy atom. The molecule has 1 heterocycles. The highest BCUT2D eigenvalue weighted by molar-refractivity contribution is 14.0. The van der Waals surface area contributed by atoms with Crippen LogP contribution in [-0.4, -0.2) is 43.9 Å². The summed E-state index contributed by atoms with van der Waals surface area (Å²) < 4.78 is 5.53. The zero-order chi connectivity index (χ0) is 19.8. The molecule has 0 spiro atoms. The lowest BCUT2D eigenvalue weighted by Gasteiger charge is -2.36. The van der Waals surface area contributed by atoms with Gasteiger partial charge in [-0.3, -0.25) is 0 Å². The lowest BCUT2D eigenvalue weighted by molar-refractivity contribution is 0.408. The van der Waals surface area contributed by atoms with E-state index in [4.69, 9.17) is 9.73 Å². The van der Waals surface area contributed by atoms with Crippen LogP contribution in [0.4, 0.5) is 5.69 Å². The smallest absolute Gasteiger partial charge is 0.191 e. The molecule has 7 heteroatoms. The van der Waals surface area contributed by atoms with Crippen LogP contribution in [0.15, 0.2) is 53.5 Å². The second-order valence-electron chi connectivity index (χ2n) is 6.96. The number of piperidine rings is 1. The predicted octanol–water partition coefficient (Wildman–Crippen LogP) is 3.74. The SMILES string of the molecule is CCNC(=NCc1ccc(O)cc1)NC1CCCN(c2ccccc2OC)C1.I. The van der Waals surface area contributed by atoms with Crippen molar-refractivity contribution in [3.63, 3.8) is 0 Å². The molecule has 158 valence electrons. The Kier molecular flexibility index (Phi) is 9.37. The van der Waals surface area contributed by atoms with Gasteiger partial charge >= 0.3 is 0 Å². The summed E-state index contributed by atoms with van der Waals surface area (Å²) in [5, 5.41) is 16.3. The molecule has 0 bridgehead atoms. The third-order valence-electron chi connectivity index (χ3n) is 4.89. The molecule has 1 aliphatic heterocycles. The van der Waals surface area contributed by atoms with Crippen LogP contribution in [0.2, 0.25) is 0 Å². The van der Waals surface area contributed by atoms with Crippen LogP contribution in [0.5, 0.6) is 11.5 Å². The van der Waals surface area contributed by atoms with Gasteiger partial charge in [0.15, 0.2) is 5.96 Å². The minimum absolute atomic E-state index is 0. The second kappa shape index (κ2) is 11.7. The van der Waals surface area contributed by atoms with E-state index in [0.29, 0.717) is 12.6 Å². The fraction of sp³-hybridized carbons (Fsp3) is 0.409. The van der Waals surface area contributed by atoms with Gasteiger partial charge in [0.1, 0.15) is 11.5 Å². The summed E-state index contributed by atoms with van der Waals surface area (Å²) in [5.41, 5.74) is 2.21. The summed E-state index contributed by atoms with van der Waals surface area (Å²) in [5.74, 6) is 2.01. The van der Waals surface area contributed by atoms with E-state index in [1.165, 1.54) is 0 Å². The zero-order valence-corrected chi connectivity index (χ0v) is 19.4. The first kappa shape index (κ1) is 23.1. The molecule has 1 aliphatic rings. The van der Waals surface area contributed by atoms with Gasteiger partial charge in [0.05, 0.1) is 19.3 Å². The Balaban J connectivity index is 0.00000300. The van der Waals surface area contributed by atoms with E-state index in [0.717, 1.165) is 55.4 Å². The number of aromatic hydroxyl groups is 1. The number of rotatable bonds is 6. The Hall–Kier alpha value is -2.16. The minimum atomic E-state index is 0. The number of anilines is 1. The molecule has 2 aromatic rings. The topological polar surface area (TPSA) is 69.1 Å². The van der Waals surface area contributed by atoms with Gasteiger partial charge in [-0.25, -0.2) is 4.99 Å². The second-order valence-corrected chi connectivity index (χ2v) is 6.96. The largest absolute Gasteiger partial charge is 0.508 e. The molecule has 1 unspecified atom stereocenters. The van der Waals surface area contributed by atoms with Crippen LogP contribution >= 0.6 is 24.0 Å². The van der Waals surface area contributed by atoms with Gasteiger partial charge in [0.2, 0.25) is 0 Å². The molecule has 29 heavy (non-hydrogen) atoms. The van der Waals surface area contributed by atoms with Crippen LogP contribution in [0.25, 0.3) is 0 Å². The summed E-state index contributed by atoms with van der Waals surface area (Å²) in [6.45, 7) is 5.38. The van der Waals surface area contributed by atoms with Gasteiger partial charge in [-0.15, -0.1) is 24.0 Å². The highest BCUT2D eigenvalue weighted by atomic mass is 127. The number of para-hydroxylation sites is 2. The molecule has 0 amide bonds. The van der Waals surface area contributed by atoms with Gasteiger partial charge in [-0.2, -0.15) is 0 Å². The molecule has 0 aromatic heterocycles. The number of guanidine groups is 1. The standard InChI is InChI=1S/C22H30N4O2.HI/c1-3-23-22(24-15-17-10-12-19(27)13-11-17)25-18-7-6-14-26(16-18)20-8-4-5-9-21(20)28-2;/h4-5,8-13,18,27H,3,6-7,14-16H2,1-2H3,(H2,23,24,25);1H. The number of methoxy groups -OCH3 is 1. The number of aliphatic imine (C=N–C) groups is 1. The number of nitrogens with one attached hydrogen (secondary N) is 2. The monoisotopic (exact) mass is 510 g/mol. The number of hydrogen-bond donors (Lipinski definition) is 3. The van der Waals surface area contributed by atoms with Crippen molar-refractivity contribution in [2.45, 2.75) is 32.4 Å². The summed E-state index contributed by atoms with van der Waals surface area (Å²) in [7, 11) is 1.72. The third-order valence-corrected chi connectivity index (χ3v) is 4.89. The summed E-state index contributed by atoms with van der Waals surface area (Å²) >= 11 is 0. The molecule has 1 fully saturated rings. The minimum Gasteiger partial charge on any atom is -0.508 e. The van der Waals surface area contributed by atoms with Crippen LogP contribution in [0.1, 0.15) is 25.3 Å². The average molecular weight is 510 g/mol. The van der Waals surface area contributed by atoms with Crippen molar-refractivity contribution < 1.29 is 9.84 Å². The fourth-order valence-electron chi connectivity index (χ4n) is 3.49. The van der Waals surface area contributed by atoms with E-state index in [2.05, 4.69) is 34.6 Å². The number of ether oxygens (including phenoxy) is 1. The Labute approximate surface area is 190 Å². The molecule has 0 radical (unpaired) electrons. The highest BCUT2D eigenvalue weighted by Gasteiger charge is 2.22. The van der Waals surface area contributed by atoms with Crippen molar-refractivity contribution in [3.05, 3.63) is 54.1 Å². The van der Waals surface area contributed by atoms with Gasteiger partial charge in [-0.05, 0) is 49.6 Å². The van der Waals surface area contributed by atoms with Crippen molar-refractivity contribution in [2.24, 2.45) is 4.99 Å². The van der Waals surface area contributed by atoms with Crippen molar-refractivity contribution in [2.75, 3.05) is 31.6 Å². The van der Waals surface area contributed by atoms with E-state index in [1.807, 2.05) is 24.3 Å². The third kappa shape index (κ3) is 6.69. The van der Waals surface area contributed by atoms with Crippen LogP contribution in [-0.2, 0) is 6.54 Å². The number of halogens is 1. The van der Waals surface area contributed by atoms with E-state index < -0.39 is 0 Å². The molecular formula is C22H31IN4O2. The van der Waals surface area contributed by atoms with Crippen molar-refractivity contribution in [1.82, 2.24) is 10.6 Å². The van der Waals surface area contributed by atoms with E-state index in [-0.39, 0.29) is 29.7 Å². The Morgan fingerprint density at radius 3 is 2.69 bits per heavy atom. The summed E-state index contributed by atoms with van der Waals surface area (Å²) in [6.07, 6.45) is 2.22. The zero-order valence-electron chi connectivity index (χ0n) is 17.1. The molecule has 0 aliphatic carbocycles. The van der Waals surface area contributed by atoms with Crippen molar-refractivity contribution in [3.8, 4) is 11.5 Å². The van der Waals surface area contributed by atoms with Crippen LogP contribution in [0, 0.1) is 0 Å². The maximum absolute atomic E-state index is 9.42. The molecule has 6 nitrogen and oxygen atoms in total. The fourth-order valence-corrected chi connectivity index (χ4v) is 3.49. The molecule has 2 aromatic carbocycles. The maximum Gasteiger partial charge on any atom is 0.191 e. The number of phenolic OH excluding ortho intramolecular Hbond substituents is 1. The van der Waals surface area contributed by atoms with Crippen molar-refractivity contribution >= 4 is 35.6 Å². The predicted molar refractivity (Wildman–Crippen MR) is 130 cm³/mol. The number of hydrogen-bond acceptors (Lipinski definition) is 4. The molecule has 3 rings (SSSR count). The summed E-state index contributed by atoms with van der Waals surface area (Å²) in [4.78, 5) is 7.09. The van der Waals surface area contributed by atoms with E-state index in [1.54, 1.807) is 19.2 Å². The molecule has 1 saturated heterocycles. The van der Waals surface area contributed by atoms with Gasteiger partial charge in [-0.1, -0.05) is 24.3 Å². The van der Waals surface area contributed by atoms with Crippen molar-refractivity contribution in [1.29, 1.82) is 0 Å². The lowest BCUT2D eigenvalue weighted by Crippen LogP contribution is -2.51. The van der Waals surface area contributed by atoms with E-state index >= 15 is 0 Å². The summed E-state index contributed by atoms with van der Waals surface area (Å²) in [6, 6.07) is 15.7. The first-order chi connectivity index (χ1) is 13.7. The first-order valence-corrected chi connectivity index (χ1v) is 9.90. The van der Waals surface area contributed by atoms with Gasteiger partial charge in [0.25, 0.3) is 0 Å². The lowest BCUT2D eigenvalue weighted by atomic mass is 10.0. The quantitative estimate of drug-likeness (QED) is 0.314. The normalized spacial score (nSPS) is 16.7. The van der Waals surface area contributed by atoms with Gasteiger partial charge < -0.3 is 25.4 Å². The number of benzene rings is 2. The maximum atomic E-state index is 9.42. The highest BCUT2D eigenvalue weighted by Crippen LogP contribution is 2.29. The molecule has 3 N–H and O–H groups in total. The van der Waals surface area contributed by atoms with E-state index in [9.17, 15) is 5.11 Å². The first-order valence-electron chi connectivity index (χ1n) is 9.90. The molecule has 1 atom stereocenters.